The molecule has 2 N–H and O–H groups in total. The van der Waals surface area contributed by atoms with Crippen LogP contribution in [0.1, 0.15) is 32.6 Å². The first-order valence-electron chi connectivity index (χ1n) is 5.66. The minimum Gasteiger partial charge on any atom is -0.462 e. The van der Waals surface area contributed by atoms with Crippen molar-refractivity contribution in [2.45, 2.75) is 32.6 Å². The third-order valence-electron chi connectivity index (χ3n) is 3.10. The molecule has 0 aromatic rings. The van der Waals surface area contributed by atoms with Crippen LogP contribution in [0.5, 0.6) is 0 Å². The summed E-state index contributed by atoms with van der Waals surface area (Å²) < 4.78 is 5.14. The van der Waals surface area contributed by atoms with E-state index in [-0.39, 0.29) is 5.97 Å². The van der Waals surface area contributed by atoms with E-state index in [2.05, 4.69) is 6.58 Å². The molecule has 1 saturated carbocycles. The summed E-state index contributed by atoms with van der Waals surface area (Å²) in [7, 11) is 0. The first-order valence-corrected chi connectivity index (χ1v) is 5.66. The Morgan fingerprint density at radius 1 is 1.33 bits per heavy atom. The van der Waals surface area contributed by atoms with Crippen molar-refractivity contribution in [2.24, 2.45) is 17.6 Å². The molecule has 0 heterocycles. The fourth-order valence-electron chi connectivity index (χ4n) is 1.95. The highest BCUT2D eigenvalue weighted by Gasteiger charge is 2.21. The largest absolute Gasteiger partial charge is 0.462 e. The normalized spacial score (nSPS) is 26.0. The molecule has 1 rings (SSSR count). The zero-order chi connectivity index (χ0) is 11.3. The number of esters is 1. The smallest absolute Gasteiger partial charge is 0.333 e. The van der Waals surface area contributed by atoms with Gasteiger partial charge in [0.15, 0.2) is 0 Å². The molecule has 0 bridgehead atoms. The van der Waals surface area contributed by atoms with Crippen molar-refractivity contribution in [3.63, 3.8) is 0 Å². The third kappa shape index (κ3) is 4.04. The van der Waals surface area contributed by atoms with E-state index in [4.69, 9.17) is 10.5 Å². The van der Waals surface area contributed by atoms with Crippen molar-refractivity contribution in [2.75, 3.05) is 13.2 Å². The van der Waals surface area contributed by atoms with E-state index in [1.54, 1.807) is 6.92 Å². The first-order chi connectivity index (χ1) is 7.13. The molecule has 0 saturated heterocycles. The van der Waals surface area contributed by atoms with Gasteiger partial charge in [-0.25, -0.2) is 4.79 Å². The van der Waals surface area contributed by atoms with Crippen molar-refractivity contribution >= 4 is 5.97 Å². The molecule has 86 valence electrons. The van der Waals surface area contributed by atoms with Crippen LogP contribution in [-0.2, 0) is 9.53 Å². The van der Waals surface area contributed by atoms with Gasteiger partial charge < -0.3 is 10.5 Å². The van der Waals surface area contributed by atoms with E-state index in [1.165, 1.54) is 12.8 Å². The fourth-order valence-corrected chi connectivity index (χ4v) is 1.95. The van der Waals surface area contributed by atoms with Gasteiger partial charge in [-0.3, -0.25) is 0 Å². The molecule has 0 spiro atoms. The number of rotatable bonds is 4. The van der Waals surface area contributed by atoms with Crippen molar-refractivity contribution in [1.29, 1.82) is 0 Å². The molecule has 0 atom stereocenters. The van der Waals surface area contributed by atoms with Crippen LogP contribution in [-0.4, -0.2) is 19.1 Å². The molecule has 1 aliphatic carbocycles. The molecule has 1 fully saturated rings. The van der Waals surface area contributed by atoms with Crippen LogP contribution >= 0.6 is 0 Å². The highest BCUT2D eigenvalue weighted by Crippen LogP contribution is 2.28. The topological polar surface area (TPSA) is 52.3 Å². The second-order valence-electron chi connectivity index (χ2n) is 4.50. The predicted octanol–water partition coefficient (Wildman–Crippen LogP) is 1.87. The molecular formula is C12H21NO2. The van der Waals surface area contributed by atoms with Gasteiger partial charge in [0.25, 0.3) is 0 Å². The monoisotopic (exact) mass is 211 g/mol. The maximum absolute atomic E-state index is 11.2. The summed E-state index contributed by atoms with van der Waals surface area (Å²) in [5.41, 5.74) is 6.09. The van der Waals surface area contributed by atoms with Gasteiger partial charge in [-0.2, -0.15) is 0 Å². The Morgan fingerprint density at radius 3 is 2.33 bits per heavy atom. The van der Waals surface area contributed by atoms with Gasteiger partial charge in [0.2, 0.25) is 0 Å². The van der Waals surface area contributed by atoms with Gasteiger partial charge in [0, 0.05) is 5.57 Å². The van der Waals surface area contributed by atoms with E-state index >= 15 is 0 Å². The highest BCUT2D eigenvalue weighted by atomic mass is 16.5. The number of ether oxygens (including phenoxy) is 1. The standard InChI is InChI=1S/C12H21NO2/c1-9(2)12(14)15-8-11-5-3-10(7-13)4-6-11/h10-11H,1,3-8,13H2,2H3. The average Bonchev–Trinajstić information content (AvgIpc) is 2.26. The average molecular weight is 211 g/mol. The summed E-state index contributed by atoms with van der Waals surface area (Å²) in [6.45, 7) is 6.56. The zero-order valence-electron chi connectivity index (χ0n) is 9.50. The number of hydrogen-bond donors (Lipinski definition) is 1. The van der Waals surface area contributed by atoms with Crippen molar-refractivity contribution in [3.05, 3.63) is 12.2 Å². The third-order valence-corrected chi connectivity index (χ3v) is 3.10. The quantitative estimate of drug-likeness (QED) is 0.570. The molecule has 0 amide bonds. The van der Waals surface area contributed by atoms with Crippen LogP contribution in [0.3, 0.4) is 0 Å². The number of nitrogens with two attached hydrogens (primary N) is 1. The predicted molar refractivity (Wildman–Crippen MR) is 60.3 cm³/mol. The maximum Gasteiger partial charge on any atom is 0.333 e. The van der Waals surface area contributed by atoms with E-state index in [0.717, 1.165) is 19.4 Å². The summed E-state index contributed by atoms with van der Waals surface area (Å²) in [6, 6.07) is 0. The van der Waals surface area contributed by atoms with Crippen LogP contribution in [0, 0.1) is 11.8 Å². The Morgan fingerprint density at radius 2 is 1.87 bits per heavy atom. The van der Waals surface area contributed by atoms with Crippen LogP contribution in [0.15, 0.2) is 12.2 Å². The van der Waals surface area contributed by atoms with E-state index in [1.807, 2.05) is 0 Å². The molecule has 15 heavy (non-hydrogen) atoms. The lowest BCUT2D eigenvalue weighted by atomic mass is 9.82. The second-order valence-corrected chi connectivity index (χ2v) is 4.50. The molecular weight excluding hydrogens is 190 g/mol. The summed E-state index contributed by atoms with van der Waals surface area (Å²) in [6.07, 6.45) is 4.61. The SMILES string of the molecule is C=C(C)C(=O)OCC1CCC(CN)CC1. The van der Waals surface area contributed by atoms with Gasteiger partial charge in [-0.15, -0.1) is 0 Å². The highest BCUT2D eigenvalue weighted by molar-refractivity contribution is 5.86. The minimum absolute atomic E-state index is 0.268. The number of hydrogen-bond acceptors (Lipinski definition) is 3. The van der Waals surface area contributed by atoms with E-state index in [9.17, 15) is 4.79 Å². The van der Waals surface area contributed by atoms with Crippen LogP contribution < -0.4 is 5.73 Å². The second kappa shape index (κ2) is 5.91. The molecule has 0 radical (unpaired) electrons. The van der Waals surface area contributed by atoms with Crippen molar-refractivity contribution in [1.82, 2.24) is 0 Å². The number of carbonyl (C=O) groups excluding carboxylic acids is 1. The van der Waals surface area contributed by atoms with Crippen LogP contribution in [0.2, 0.25) is 0 Å². The molecule has 3 nitrogen and oxygen atoms in total. The Labute approximate surface area is 91.7 Å². The summed E-state index contributed by atoms with van der Waals surface area (Å²) >= 11 is 0. The molecule has 0 aliphatic heterocycles. The minimum atomic E-state index is -0.268. The Hall–Kier alpha value is -0.830. The Kier molecular flexibility index (Phi) is 4.82. The lowest BCUT2D eigenvalue weighted by Crippen LogP contribution is -2.24. The Balaban J connectivity index is 2.19. The van der Waals surface area contributed by atoms with Gasteiger partial charge in [0.05, 0.1) is 6.61 Å². The van der Waals surface area contributed by atoms with E-state index < -0.39 is 0 Å². The van der Waals surface area contributed by atoms with Gasteiger partial charge >= 0.3 is 5.97 Å². The van der Waals surface area contributed by atoms with Gasteiger partial charge in [0.1, 0.15) is 0 Å². The lowest BCUT2D eigenvalue weighted by molar-refractivity contribution is -0.140. The molecule has 0 aromatic carbocycles. The van der Waals surface area contributed by atoms with Crippen molar-refractivity contribution < 1.29 is 9.53 Å². The summed E-state index contributed by atoms with van der Waals surface area (Å²) in [4.78, 5) is 11.2. The maximum atomic E-state index is 11.2. The molecule has 0 unspecified atom stereocenters. The Bertz CT molecular complexity index is 230. The number of carbonyl (C=O) groups is 1. The van der Waals surface area contributed by atoms with Crippen LogP contribution in [0.4, 0.5) is 0 Å². The van der Waals surface area contributed by atoms with Crippen molar-refractivity contribution in [3.8, 4) is 0 Å². The van der Waals surface area contributed by atoms with Gasteiger partial charge in [-0.1, -0.05) is 6.58 Å². The first kappa shape index (κ1) is 12.2. The zero-order valence-corrected chi connectivity index (χ0v) is 9.50. The van der Waals surface area contributed by atoms with Gasteiger partial charge in [-0.05, 0) is 51.0 Å². The van der Waals surface area contributed by atoms with E-state index in [0.29, 0.717) is 24.0 Å². The van der Waals surface area contributed by atoms with Crippen LogP contribution in [0.25, 0.3) is 0 Å². The lowest BCUT2D eigenvalue weighted by Gasteiger charge is -2.27. The molecule has 1 aliphatic rings. The summed E-state index contributed by atoms with van der Waals surface area (Å²) in [5, 5.41) is 0. The summed E-state index contributed by atoms with van der Waals surface area (Å²) in [5.74, 6) is 0.935. The molecule has 3 heteroatoms. The molecule has 0 aromatic heterocycles. The fraction of sp³-hybridized carbons (Fsp3) is 0.750.